The zero-order valence-corrected chi connectivity index (χ0v) is 5.13. The van der Waals surface area contributed by atoms with Gasteiger partial charge in [0.05, 0.1) is 0 Å². The van der Waals surface area contributed by atoms with E-state index < -0.39 is 0 Å². The molecule has 0 heterocycles. The van der Waals surface area contributed by atoms with E-state index in [1.807, 2.05) is 0 Å². The normalized spacial score (nSPS) is 0. The fourth-order valence-corrected chi connectivity index (χ4v) is 0. The Kier molecular flexibility index (Phi) is 440. The third-order valence-electron chi connectivity index (χ3n) is 0. The summed E-state index contributed by atoms with van der Waals surface area (Å²) < 4.78 is 0. The molecular weight excluding hydrogens is 280 g/mol. The molecule has 0 aliphatic rings. The monoisotopic (exact) mass is 280 g/mol. The summed E-state index contributed by atoms with van der Waals surface area (Å²) in [5.74, 6) is 0. The van der Waals surface area contributed by atoms with Crippen LogP contribution in [0.4, 0.5) is 0 Å². The van der Waals surface area contributed by atoms with E-state index in [0.717, 1.165) is 0 Å². The van der Waals surface area contributed by atoms with Crippen LogP contribution in [0.3, 0.4) is 0 Å². The molecule has 0 fully saturated rings. The molecule has 0 radical (unpaired) electrons. The first-order valence-electron chi connectivity index (χ1n) is 0. The quantitative estimate of drug-likeness (QED) is 0.550. The Hall–Kier alpha value is 1.24. The molecule has 0 saturated heterocycles. The van der Waals surface area contributed by atoms with Gasteiger partial charge in [-0.15, -0.1) is 0 Å². The minimum atomic E-state index is 0. The van der Waals surface area contributed by atoms with Crippen LogP contribution in [-0.2, 0) is 51.9 Å². The van der Waals surface area contributed by atoms with E-state index in [9.17, 15) is 0 Å². The second kappa shape index (κ2) is 28.8. The van der Waals surface area contributed by atoms with Gasteiger partial charge in [-0.05, 0) is 0 Å². The number of hydrogen-bond donors (Lipinski definition) is 0. The predicted octanol–water partition coefficient (Wildman–Crippen LogP) is -0.243. The summed E-state index contributed by atoms with van der Waals surface area (Å²) in [5, 5.41) is 0. The van der Waals surface area contributed by atoms with E-state index in [0.29, 0.717) is 0 Å². The van der Waals surface area contributed by atoms with Crippen molar-refractivity contribution < 1.29 is 51.9 Å². The Morgan fingerprint density at radius 2 is 0.750 bits per heavy atom. The average Bonchev–Trinajstić information content (AvgIpc) is 0. The smallest absolute Gasteiger partial charge is 2.00 e. The largest absolute Gasteiger partial charge is 5.00 e. The molecule has 0 aliphatic heterocycles. The van der Waals surface area contributed by atoms with Crippen molar-refractivity contribution in [1.29, 1.82) is 0 Å². The molecule has 24 valence electrons. The Labute approximate surface area is 52.0 Å². The van der Waals surface area contributed by atoms with Crippen molar-refractivity contribution in [2.24, 2.45) is 0 Å². The zero-order valence-electron chi connectivity index (χ0n) is 1.57. The molecule has 0 aromatic rings. The first-order valence-corrected chi connectivity index (χ1v) is 0. The van der Waals surface area contributed by atoms with Crippen LogP contribution >= 0.6 is 0 Å². The summed E-state index contributed by atoms with van der Waals surface area (Å²) in [6, 6.07) is 0. The Morgan fingerprint density at radius 1 is 0.750 bits per heavy atom. The van der Waals surface area contributed by atoms with Crippen LogP contribution in [0.1, 0.15) is 0 Å². The molecule has 0 rings (SSSR count). The fourth-order valence-electron chi connectivity index (χ4n) is 0. The molecule has 0 aromatic heterocycles. The Bertz CT molecular complexity index is 6.00. The maximum absolute atomic E-state index is 0. The van der Waals surface area contributed by atoms with Gasteiger partial charge in [0.2, 0.25) is 0 Å². The third-order valence-corrected chi connectivity index (χ3v) is 0. The molecule has 4 heteroatoms. The van der Waals surface area contributed by atoms with E-state index in [4.69, 9.17) is 0 Å². The molecule has 0 aliphatic carbocycles. The molecule has 0 amide bonds. The predicted molar refractivity (Wildman–Crippen MR) is 1.37 cm³/mol. The first-order chi connectivity index (χ1) is 0. The van der Waals surface area contributed by atoms with Crippen LogP contribution in [0.5, 0.6) is 0 Å². The summed E-state index contributed by atoms with van der Waals surface area (Å²) in [4.78, 5) is 0. The number of rotatable bonds is 0. The van der Waals surface area contributed by atoms with Gasteiger partial charge in [0.25, 0.3) is 0 Å². The topological polar surface area (TPSA) is 57.0 Å². The zero-order chi connectivity index (χ0) is 0. The summed E-state index contributed by atoms with van der Waals surface area (Å²) in [6.45, 7) is 0. The summed E-state index contributed by atoms with van der Waals surface area (Å²) >= 11 is 0. The van der Waals surface area contributed by atoms with Crippen LogP contribution in [0.15, 0.2) is 0 Å². The van der Waals surface area contributed by atoms with E-state index in [2.05, 4.69) is 0 Å². The van der Waals surface area contributed by atoms with Crippen molar-refractivity contribution in [3.63, 3.8) is 0 Å². The second-order valence-electron chi connectivity index (χ2n) is 0. The second-order valence-corrected chi connectivity index (χ2v) is 0. The number of hydrogen-bond acceptors (Lipinski definition) is 0. The van der Waals surface area contributed by atoms with E-state index in [1.54, 1.807) is 0 Å². The SMILES string of the molecule is [Au+3].[O-2].[O-2].[V+5]. The van der Waals surface area contributed by atoms with Crippen LogP contribution in [0, 0.1) is 0 Å². The van der Waals surface area contributed by atoms with Crippen molar-refractivity contribution in [2.45, 2.75) is 0 Å². The first kappa shape index (κ1) is 61.0. The molecule has 0 saturated carbocycles. The third kappa shape index (κ3) is 10.6. The van der Waals surface area contributed by atoms with Gasteiger partial charge in [-0.2, -0.15) is 0 Å². The Balaban J connectivity index is 0. The van der Waals surface area contributed by atoms with Gasteiger partial charge in [-0.3, -0.25) is 0 Å². The van der Waals surface area contributed by atoms with Crippen LogP contribution in [-0.4, -0.2) is 0 Å². The minimum absolute atomic E-state index is 0. The summed E-state index contributed by atoms with van der Waals surface area (Å²) in [5.41, 5.74) is 0. The average molecular weight is 280 g/mol. The molecule has 2 nitrogen and oxygen atoms in total. The minimum Gasteiger partial charge on any atom is -2.00 e. The maximum Gasteiger partial charge on any atom is 5.00 e. The standard InChI is InChI=1S/Au.2O.V/q+3;2*-2;+5. The summed E-state index contributed by atoms with van der Waals surface area (Å²) in [6.07, 6.45) is 0. The molecule has 0 atom stereocenters. The van der Waals surface area contributed by atoms with E-state index in [1.165, 1.54) is 0 Å². The molecule has 0 unspecified atom stereocenters. The molecule has 0 N–H and O–H groups in total. The van der Waals surface area contributed by atoms with Crippen molar-refractivity contribution in [2.75, 3.05) is 0 Å². The molecule has 0 aromatic carbocycles. The van der Waals surface area contributed by atoms with Crippen molar-refractivity contribution in [3.05, 3.63) is 0 Å². The van der Waals surface area contributed by atoms with Gasteiger partial charge in [0.1, 0.15) is 0 Å². The van der Waals surface area contributed by atoms with Crippen molar-refractivity contribution in [1.82, 2.24) is 0 Å². The molecular formula is AuO2V+4. The van der Waals surface area contributed by atoms with Crippen LogP contribution in [0.25, 0.3) is 0 Å². The fraction of sp³-hybridized carbons (Fsp3) is 0. The molecule has 0 bridgehead atoms. The van der Waals surface area contributed by atoms with Gasteiger partial charge in [0, 0.05) is 0 Å². The van der Waals surface area contributed by atoms with Gasteiger partial charge < -0.3 is 11.0 Å². The van der Waals surface area contributed by atoms with Gasteiger partial charge in [-0.25, -0.2) is 0 Å². The molecule has 0 spiro atoms. The van der Waals surface area contributed by atoms with E-state index >= 15 is 0 Å². The van der Waals surface area contributed by atoms with Crippen molar-refractivity contribution in [3.8, 4) is 0 Å². The Morgan fingerprint density at radius 3 is 0.750 bits per heavy atom. The van der Waals surface area contributed by atoms with Crippen LogP contribution < -0.4 is 0 Å². The summed E-state index contributed by atoms with van der Waals surface area (Å²) in [7, 11) is 0. The molecule has 4 heavy (non-hydrogen) atoms. The van der Waals surface area contributed by atoms with Crippen molar-refractivity contribution >= 4 is 0 Å². The van der Waals surface area contributed by atoms with Crippen LogP contribution in [0.2, 0.25) is 0 Å². The van der Waals surface area contributed by atoms with E-state index in [-0.39, 0.29) is 51.9 Å². The van der Waals surface area contributed by atoms with Gasteiger partial charge >= 0.3 is 40.9 Å². The van der Waals surface area contributed by atoms with Gasteiger partial charge in [0.15, 0.2) is 0 Å². The maximum atomic E-state index is 0. The van der Waals surface area contributed by atoms with Gasteiger partial charge in [-0.1, -0.05) is 0 Å².